The lowest BCUT2D eigenvalue weighted by Gasteiger charge is -2.08. The van der Waals surface area contributed by atoms with Gasteiger partial charge >= 0.3 is 0 Å². The van der Waals surface area contributed by atoms with Crippen LogP contribution in [0.15, 0.2) is 72.1 Å². The van der Waals surface area contributed by atoms with E-state index in [2.05, 4.69) is 37.2 Å². The number of benzene rings is 2. The number of aromatic nitrogens is 6. The van der Waals surface area contributed by atoms with Crippen LogP contribution >= 0.6 is 11.8 Å². The summed E-state index contributed by atoms with van der Waals surface area (Å²) in [6.45, 7) is 1.41. The van der Waals surface area contributed by atoms with Crippen LogP contribution in [-0.4, -0.2) is 36.9 Å². The van der Waals surface area contributed by atoms with Gasteiger partial charge in [-0.1, -0.05) is 54.2 Å². The predicted molar refractivity (Wildman–Crippen MR) is 107 cm³/mol. The molecule has 0 fully saturated rings. The average molecular weight is 392 g/mol. The number of rotatable bonds is 8. The van der Waals surface area contributed by atoms with Crippen molar-refractivity contribution in [2.24, 2.45) is 0 Å². The molecule has 0 amide bonds. The number of hydrogen-bond acceptors (Lipinski definition) is 6. The smallest absolute Gasteiger partial charge is 0.210 e. The quantitative estimate of drug-likeness (QED) is 0.429. The van der Waals surface area contributed by atoms with Crippen molar-refractivity contribution < 1.29 is 4.74 Å². The van der Waals surface area contributed by atoms with E-state index in [9.17, 15) is 0 Å². The van der Waals surface area contributed by atoms with Crippen molar-refractivity contribution in [3.8, 4) is 5.75 Å². The second-order valence-corrected chi connectivity index (χ2v) is 7.16. The van der Waals surface area contributed by atoms with Crippen LogP contribution in [0.5, 0.6) is 5.75 Å². The lowest BCUT2D eigenvalue weighted by Crippen LogP contribution is -2.06. The number of methoxy groups -OCH3 is 1. The predicted octanol–water partition coefficient (Wildman–Crippen LogP) is 3.27. The van der Waals surface area contributed by atoms with Crippen LogP contribution in [0.2, 0.25) is 0 Å². The van der Waals surface area contributed by atoms with Gasteiger partial charge in [0.15, 0.2) is 0 Å². The summed E-state index contributed by atoms with van der Waals surface area (Å²) in [5, 5.41) is 12.9. The zero-order valence-corrected chi connectivity index (χ0v) is 16.3. The van der Waals surface area contributed by atoms with Crippen molar-refractivity contribution >= 4 is 11.8 Å². The average Bonchev–Trinajstić information content (AvgIpc) is 3.37. The van der Waals surface area contributed by atoms with Crippen LogP contribution in [0.3, 0.4) is 0 Å². The minimum absolute atomic E-state index is 0.609. The molecule has 0 aliphatic heterocycles. The highest BCUT2D eigenvalue weighted by Crippen LogP contribution is 2.21. The summed E-state index contributed by atoms with van der Waals surface area (Å²) in [7, 11) is 1.66. The highest BCUT2D eigenvalue weighted by Gasteiger charge is 2.11. The Bertz CT molecular complexity index is 1010. The molecule has 2 heterocycles. The molecule has 0 spiro atoms. The summed E-state index contributed by atoms with van der Waals surface area (Å²) in [5.74, 6) is 2.52. The van der Waals surface area contributed by atoms with Crippen LogP contribution in [0.1, 0.15) is 17.0 Å². The van der Waals surface area contributed by atoms with E-state index >= 15 is 0 Å². The topological polar surface area (TPSA) is 70.7 Å². The van der Waals surface area contributed by atoms with Crippen LogP contribution in [0, 0.1) is 0 Å². The molecule has 0 unspecified atom stereocenters. The van der Waals surface area contributed by atoms with E-state index in [4.69, 9.17) is 4.74 Å². The maximum atomic E-state index is 5.20. The van der Waals surface area contributed by atoms with Gasteiger partial charge in [0.1, 0.15) is 11.6 Å². The molecule has 0 saturated carbocycles. The van der Waals surface area contributed by atoms with Gasteiger partial charge in [0, 0.05) is 18.9 Å². The first-order valence-corrected chi connectivity index (χ1v) is 9.86. The third-order valence-corrected chi connectivity index (χ3v) is 5.27. The van der Waals surface area contributed by atoms with Gasteiger partial charge in [-0.15, -0.1) is 5.10 Å². The molecule has 0 N–H and O–H groups in total. The van der Waals surface area contributed by atoms with Crippen LogP contribution in [-0.2, 0) is 18.8 Å². The molecule has 0 aliphatic rings. The van der Waals surface area contributed by atoms with Gasteiger partial charge in [-0.3, -0.25) is 0 Å². The van der Waals surface area contributed by atoms with Crippen molar-refractivity contribution in [3.63, 3.8) is 0 Å². The normalized spacial score (nSPS) is 10.9. The van der Waals surface area contributed by atoms with Crippen molar-refractivity contribution in [3.05, 3.63) is 83.9 Å². The Morgan fingerprint density at radius 3 is 2.54 bits per heavy atom. The molecule has 142 valence electrons. The van der Waals surface area contributed by atoms with E-state index < -0.39 is 0 Å². The number of tetrazole rings is 1. The number of imidazole rings is 1. The number of nitrogens with zero attached hydrogens (tertiary/aromatic N) is 6. The number of hydrogen-bond donors (Lipinski definition) is 0. The third-order valence-electron chi connectivity index (χ3n) is 4.32. The van der Waals surface area contributed by atoms with Gasteiger partial charge in [-0.05, 0) is 33.7 Å². The lowest BCUT2D eigenvalue weighted by atomic mass is 10.2. The summed E-state index contributed by atoms with van der Waals surface area (Å²) in [4.78, 5) is 4.49. The maximum absolute atomic E-state index is 5.20. The molecule has 4 aromatic rings. The van der Waals surface area contributed by atoms with Gasteiger partial charge in [-0.2, -0.15) is 0 Å². The molecular weight excluding hydrogens is 372 g/mol. The minimum Gasteiger partial charge on any atom is -0.497 e. The Morgan fingerprint density at radius 2 is 1.75 bits per heavy atom. The van der Waals surface area contributed by atoms with E-state index in [1.54, 1.807) is 23.6 Å². The maximum Gasteiger partial charge on any atom is 0.210 e. The van der Waals surface area contributed by atoms with Crippen molar-refractivity contribution in [2.45, 2.75) is 24.0 Å². The van der Waals surface area contributed by atoms with E-state index in [-0.39, 0.29) is 0 Å². The van der Waals surface area contributed by atoms with Crippen LogP contribution in [0.25, 0.3) is 0 Å². The van der Waals surface area contributed by atoms with Crippen molar-refractivity contribution in [2.75, 3.05) is 7.11 Å². The molecule has 7 nitrogen and oxygen atoms in total. The Labute approximate surface area is 167 Å². The zero-order valence-electron chi connectivity index (χ0n) is 15.5. The third kappa shape index (κ3) is 4.40. The molecule has 4 rings (SSSR count). The SMILES string of the molecule is COc1ccc(Cn2nnnc2SCc2nccn2Cc2ccccc2)cc1. The van der Waals surface area contributed by atoms with Crippen LogP contribution in [0.4, 0.5) is 0 Å². The monoisotopic (exact) mass is 392 g/mol. The zero-order chi connectivity index (χ0) is 19.2. The first-order chi connectivity index (χ1) is 13.8. The van der Waals surface area contributed by atoms with Gasteiger partial charge in [0.2, 0.25) is 5.16 Å². The van der Waals surface area contributed by atoms with Gasteiger partial charge < -0.3 is 9.30 Å². The molecule has 0 aliphatic carbocycles. The Morgan fingerprint density at radius 1 is 0.964 bits per heavy atom. The van der Waals surface area contributed by atoms with Gasteiger partial charge in [-0.25, -0.2) is 9.67 Å². The molecule has 0 atom stereocenters. The van der Waals surface area contributed by atoms with Crippen molar-refractivity contribution in [1.82, 2.24) is 29.8 Å². The second-order valence-electron chi connectivity index (χ2n) is 6.21. The highest BCUT2D eigenvalue weighted by molar-refractivity contribution is 7.98. The molecule has 0 radical (unpaired) electrons. The van der Waals surface area contributed by atoms with E-state index in [0.29, 0.717) is 12.3 Å². The summed E-state index contributed by atoms with van der Waals surface area (Å²) < 4.78 is 9.16. The Kier molecular flexibility index (Phi) is 5.67. The van der Waals surface area contributed by atoms with Crippen LogP contribution < -0.4 is 4.74 Å². The molecular formula is C20H20N6OS. The molecule has 0 bridgehead atoms. The molecule has 28 heavy (non-hydrogen) atoms. The van der Waals surface area contributed by atoms with Crippen molar-refractivity contribution in [1.29, 1.82) is 0 Å². The highest BCUT2D eigenvalue weighted by atomic mass is 32.2. The second kappa shape index (κ2) is 8.71. The first-order valence-electron chi connectivity index (χ1n) is 8.87. The summed E-state index contributed by atoms with van der Waals surface area (Å²) in [5.41, 5.74) is 2.36. The summed E-state index contributed by atoms with van der Waals surface area (Å²) in [6.07, 6.45) is 3.84. The lowest BCUT2D eigenvalue weighted by molar-refractivity contribution is 0.414. The minimum atomic E-state index is 0.609. The Hall–Kier alpha value is -3.13. The van der Waals surface area contributed by atoms with E-state index in [1.165, 1.54) is 5.56 Å². The number of ether oxygens (including phenoxy) is 1. The molecule has 2 aromatic carbocycles. The van der Waals surface area contributed by atoms with Gasteiger partial charge in [0.05, 0.1) is 19.4 Å². The fourth-order valence-electron chi connectivity index (χ4n) is 2.84. The summed E-state index contributed by atoms with van der Waals surface area (Å²) in [6, 6.07) is 18.3. The summed E-state index contributed by atoms with van der Waals surface area (Å²) >= 11 is 1.58. The molecule has 2 aromatic heterocycles. The Balaban J connectivity index is 1.41. The molecule has 8 heteroatoms. The number of thioether (sulfide) groups is 1. The van der Waals surface area contributed by atoms with E-state index in [1.807, 2.05) is 54.9 Å². The van der Waals surface area contributed by atoms with E-state index in [0.717, 1.165) is 28.8 Å². The van der Waals surface area contributed by atoms with Gasteiger partial charge in [0.25, 0.3) is 0 Å². The largest absolute Gasteiger partial charge is 0.497 e. The fraction of sp³-hybridized carbons (Fsp3) is 0.200. The first kappa shape index (κ1) is 18.2. The fourth-order valence-corrected chi connectivity index (χ4v) is 3.68. The molecule has 0 saturated heterocycles. The standard InChI is InChI=1S/C20H20N6OS/c1-27-18-9-7-17(8-10-18)14-26-20(22-23-24-26)28-15-19-21-11-12-25(19)13-16-5-3-2-4-6-16/h2-12H,13-15H2,1H3.